The van der Waals surface area contributed by atoms with Gasteiger partial charge in [0, 0.05) is 30.7 Å². The summed E-state index contributed by atoms with van der Waals surface area (Å²) < 4.78 is 27.5. The molecule has 1 aliphatic carbocycles. The minimum Gasteiger partial charge on any atom is -0.309 e. The van der Waals surface area contributed by atoms with E-state index in [9.17, 15) is 13.2 Å². The summed E-state index contributed by atoms with van der Waals surface area (Å²) >= 11 is 0. The summed E-state index contributed by atoms with van der Waals surface area (Å²) in [4.78, 5) is 14.8. The smallest absolute Gasteiger partial charge is 0.243 e. The highest BCUT2D eigenvalue weighted by Gasteiger charge is 2.40. The molecule has 1 amide bonds. The SMILES string of the molecule is CC1CCN(S(=O)(=O)c2ccc3c(c2)CC(C)N3C(=O)C2CC2)CC1. The van der Waals surface area contributed by atoms with Crippen LogP contribution >= 0.6 is 0 Å². The second-order valence-corrected chi connectivity index (χ2v) is 9.85. The average molecular weight is 362 g/mol. The normalized spacial score (nSPS) is 25.2. The molecular weight excluding hydrogens is 336 g/mol. The third kappa shape index (κ3) is 2.99. The van der Waals surface area contributed by atoms with E-state index in [2.05, 4.69) is 6.92 Å². The monoisotopic (exact) mass is 362 g/mol. The molecule has 3 aliphatic rings. The molecule has 1 aromatic carbocycles. The van der Waals surface area contributed by atoms with E-state index in [0.29, 0.717) is 23.9 Å². The molecule has 2 aliphatic heterocycles. The van der Waals surface area contributed by atoms with Crippen LogP contribution in [0.5, 0.6) is 0 Å². The van der Waals surface area contributed by atoms with Gasteiger partial charge in [-0.15, -0.1) is 0 Å². The Balaban J connectivity index is 1.61. The molecule has 2 fully saturated rings. The van der Waals surface area contributed by atoms with Crippen molar-refractivity contribution in [1.29, 1.82) is 0 Å². The largest absolute Gasteiger partial charge is 0.309 e. The number of hydrogen-bond acceptors (Lipinski definition) is 3. The highest BCUT2D eigenvalue weighted by atomic mass is 32.2. The first-order valence-electron chi connectivity index (χ1n) is 9.34. The topological polar surface area (TPSA) is 57.7 Å². The predicted molar refractivity (Wildman–Crippen MR) is 97.0 cm³/mol. The minimum absolute atomic E-state index is 0.108. The molecule has 25 heavy (non-hydrogen) atoms. The molecule has 4 rings (SSSR count). The quantitative estimate of drug-likeness (QED) is 0.831. The first-order chi connectivity index (χ1) is 11.9. The van der Waals surface area contributed by atoms with Crippen molar-refractivity contribution in [2.24, 2.45) is 11.8 Å². The van der Waals surface area contributed by atoms with Gasteiger partial charge >= 0.3 is 0 Å². The summed E-state index contributed by atoms with van der Waals surface area (Å²) in [6.07, 6.45) is 4.54. The second-order valence-electron chi connectivity index (χ2n) is 7.91. The molecule has 1 saturated heterocycles. The molecule has 6 heteroatoms. The van der Waals surface area contributed by atoms with Crippen LogP contribution in [0, 0.1) is 11.8 Å². The van der Waals surface area contributed by atoms with E-state index >= 15 is 0 Å². The van der Waals surface area contributed by atoms with Crippen LogP contribution in [-0.2, 0) is 21.2 Å². The maximum absolute atomic E-state index is 13.0. The van der Waals surface area contributed by atoms with Crippen LogP contribution in [0.2, 0.25) is 0 Å². The molecule has 0 N–H and O–H groups in total. The van der Waals surface area contributed by atoms with Crippen LogP contribution in [0.3, 0.4) is 0 Å². The molecule has 0 radical (unpaired) electrons. The number of nitrogens with zero attached hydrogens (tertiary/aromatic N) is 2. The predicted octanol–water partition coefficient (Wildman–Crippen LogP) is 2.79. The molecule has 1 aromatic rings. The van der Waals surface area contributed by atoms with Crippen molar-refractivity contribution in [1.82, 2.24) is 4.31 Å². The summed E-state index contributed by atoms with van der Waals surface area (Å²) in [6.45, 7) is 5.42. The standard InChI is InChI=1S/C19H26N2O3S/c1-13-7-9-20(10-8-13)25(23,24)17-5-6-18-16(12-17)11-14(2)21(18)19(22)15-3-4-15/h5-6,12-15H,3-4,7-11H2,1-2H3. The zero-order valence-corrected chi connectivity index (χ0v) is 15.8. The Hall–Kier alpha value is -1.40. The van der Waals surface area contributed by atoms with E-state index in [1.807, 2.05) is 17.9 Å². The molecule has 136 valence electrons. The van der Waals surface area contributed by atoms with Crippen molar-refractivity contribution in [3.05, 3.63) is 23.8 Å². The number of piperidine rings is 1. The highest BCUT2D eigenvalue weighted by molar-refractivity contribution is 7.89. The van der Waals surface area contributed by atoms with Gasteiger partial charge in [0.05, 0.1) is 4.90 Å². The first kappa shape index (κ1) is 17.0. The molecule has 5 nitrogen and oxygen atoms in total. The van der Waals surface area contributed by atoms with E-state index in [-0.39, 0.29) is 17.9 Å². The fourth-order valence-corrected chi connectivity index (χ4v) is 5.53. The Morgan fingerprint density at radius 1 is 1.08 bits per heavy atom. The zero-order valence-electron chi connectivity index (χ0n) is 14.9. The van der Waals surface area contributed by atoms with Gasteiger partial charge in [0.1, 0.15) is 0 Å². The van der Waals surface area contributed by atoms with Crippen LogP contribution in [0.15, 0.2) is 23.1 Å². The van der Waals surface area contributed by atoms with Crippen molar-refractivity contribution < 1.29 is 13.2 Å². The third-order valence-corrected chi connectivity index (χ3v) is 7.71. The lowest BCUT2D eigenvalue weighted by atomic mass is 10.0. The Morgan fingerprint density at radius 2 is 1.76 bits per heavy atom. The Kier molecular flexibility index (Phi) is 4.15. The lowest BCUT2D eigenvalue weighted by Crippen LogP contribution is -2.38. The summed E-state index contributed by atoms with van der Waals surface area (Å²) in [5, 5.41) is 0. The number of amides is 1. The zero-order chi connectivity index (χ0) is 17.8. The fourth-order valence-electron chi connectivity index (χ4n) is 4.01. The molecule has 1 saturated carbocycles. The van der Waals surface area contributed by atoms with Crippen LogP contribution in [-0.4, -0.2) is 37.8 Å². The Bertz CT molecular complexity index is 793. The van der Waals surface area contributed by atoms with Crippen molar-refractivity contribution in [2.45, 2.75) is 56.9 Å². The van der Waals surface area contributed by atoms with Crippen molar-refractivity contribution in [3.8, 4) is 0 Å². The summed E-state index contributed by atoms with van der Waals surface area (Å²) in [6, 6.07) is 5.41. The number of benzene rings is 1. The van der Waals surface area contributed by atoms with Crippen LogP contribution in [0.4, 0.5) is 5.69 Å². The van der Waals surface area contributed by atoms with Gasteiger partial charge in [-0.1, -0.05) is 6.92 Å². The lowest BCUT2D eigenvalue weighted by molar-refractivity contribution is -0.120. The number of hydrogen-bond donors (Lipinski definition) is 0. The van der Waals surface area contributed by atoms with Gasteiger partial charge < -0.3 is 4.90 Å². The number of anilines is 1. The van der Waals surface area contributed by atoms with Gasteiger partial charge in [0.15, 0.2) is 0 Å². The molecule has 2 heterocycles. The second kappa shape index (κ2) is 6.09. The third-order valence-electron chi connectivity index (χ3n) is 5.81. The molecule has 0 spiro atoms. The average Bonchev–Trinajstić information content (AvgIpc) is 3.36. The van der Waals surface area contributed by atoms with Crippen LogP contribution < -0.4 is 4.90 Å². The highest BCUT2D eigenvalue weighted by Crippen LogP contribution is 2.40. The molecule has 1 atom stereocenters. The lowest BCUT2D eigenvalue weighted by Gasteiger charge is -2.29. The van der Waals surface area contributed by atoms with Crippen LogP contribution in [0.25, 0.3) is 0 Å². The number of sulfonamides is 1. The van der Waals surface area contributed by atoms with Gasteiger partial charge in [0.2, 0.25) is 15.9 Å². The fraction of sp³-hybridized carbons (Fsp3) is 0.632. The first-order valence-corrected chi connectivity index (χ1v) is 10.8. The maximum Gasteiger partial charge on any atom is 0.243 e. The van der Waals surface area contributed by atoms with E-state index in [4.69, 9.17) is 0 Å². The van der Waals surface area contributed by atoms with E-state index in [0.717, 1.165) is 43.4 Å². The molecule has 1 unspecified atom stereocenters. The van der Waals surface area contributed by atoms with Crippen LogP contribution in [0.1, 0.15) is 45.1 Å². The van der Waals surface area contributed by atoms with Gasteiger partial charge in [-0.3, -0.25) is 4.79 Å². The van der Waals surface area contributed by atoms with Gasteiger partial charge in [-0.05, 0) is 68.7 Å². The summed E-state index contributed by atoms with van der Waals surface area (Å²) in [5.41, 5.74) is 1.88. The van der Waals surface area contributed by atoms with Gasteiger partial charge in [-0.2, -0.15) is 4.31 Å². The van der Waals surface area contributed by atoms with Crippen molar-refractivity contribution >= 4 is 21.6 Å². The maximum atomic E-state index is 13.0. The Morgan fingerprint density at radius 3 is 2.40 bits per heavy atom. The number of carbonyl (C=O) groups is 1. The van der Waals surface area contributed by atoms with Gasteiger partial charge in [-0.25, -0.2) is 8.42 Å². The van der Waals surface area contributed by atoms with Crippen molar-refractivity contribution in [2.75, 3.05) is 18.0 Å². The number of fused-ring (bicyclic) bond motifs is 1. The van der Waals surface area contributed by atoms with Crippen molar-refractivity contribution in [3.63, 3.8) is 0 Å². The molecular formula is C19H26N2O3S. The molecule has 0 bridgehead atoms. The molecule has 0 aromatic heterocycles. The summed E-state index contributed by atoms with van der Waals surface area (Å²) in [5.74, 6) is 0.966. The van der Waals surface area contributed by atoms with E-state index in [1.54, 1.807) is 16.4 Å². The number of carbonyl (C=O) groups excluding carboxylic acids is 1. The van der Waals surface area contributed by atoms with E-state index < -0.39 is 10.0 Å². The number of rotatable bonds is 3. The summed E-state index contributed by atoms with van der Waals surface area (Å²) in [7, 11) is -3.44. The van der Waals surface area contributed by atoms with Gasteiger partial charge in [0.25, 0.3) is 0 Å². The minimum atomic E-state index is -3.44. The van der Waals surface area contributed by atoms with E-state index in [1.165, 1.54) is 0 Å². The Labute approximate surface area is 150 Å².